The van der Waals surface area contributed by atoms with Gasteiger partial charge in [-0.2, -0.15) is 0 Å². The molecule has 0 radical (unpaired) electrons. The minimum absolute atomic E-state index is 0.0707. The molecule has 6 heteroatoms. The molecule has 23 heavy (non-hydrogen) atoms. The lowest BCUT2D eigenvalue weighted by molar-refractivity contribution is -0.143. The summed E-state index contributed by atoms with van der Waals surface area (Å²) < 4.78 is 6.57. The Morgan fingerprint density at radius 3 is 2.78 bits per heavy atom. The zero-order valence-corrected chi connectivity index (χ0v) is 12.7. The molecular weight excluding hydrogens is 294 g/mol. The summed E-state index contributed by atoms with van der Waals surface area (Å²) in [6, 6.07) is 12.5. The molecule has 0 spiro atoms. The van der Waals surface area contributed by atoms with Crippen LogP contribution in [0, 0.1) is 0 Å². The molecule has 1 aromatic carbocycles. The van der Waals surface area contributed by atoms with Crippen molar-refractivity contribution < 1.29 is 9.53 Å². The van der Waals surface area contributed by atoms with E-state index in [1.54, 1.807) is 25.3 Å². The van der Waals surface area contributed by atoms with Gasteiger partial charge in [0.1, 0.15) is 0 Å². The van der Waals surface area contributed by atoms with Crippen LogP contribution >= 0.6 is 0 Å². The molecule has 0 amide bonds. The SMILES string of the molecule is CCOC(=O)C[C@H](c1ccccc1)n1c(=O)[nH]c2cccnc21. The van der Waals surface area contributed by atoms with E-state index in [0.29, 0.717) is 17.8 Å². The minimum atomic E-state index is -0.466. The number of nitrogens with one attached hydrogen (secondary N) is 1. The number of hydrogen-bond donors (Lipinski definition) is 1. The smallest absolute Gasteiger partial charge is 0.328 e. The van der Waals surface area contributed by atoms with Gasteiger partial charge in [0.15, 0.2) is 5.65 Å². The molecule has 2 aromatic heterocycles. The average Bonchev–Trinajstić information content (AvgIpc) is 2.89. The summed E-state index contributed by atoms with van der Waals surface area (Å²) in [6.45, 7) is 2.07. The van der Waals surface area contributed by atoms with E-state index < -0.39 is 6.04 Å². The molecule has 0 unspecified atom stereocenters. The number of H-pyrrole nitrogens is 1. The summed E-state index contributed by atoms with van der Waals surface area (Å²) >= 11 is 0. The number of hydrogen-bond acceptors (Lipinski definition) is 4. The molecule has 0 saturated heterocycles. The highest BCUT2D eigenvalue weighted by atomic mass is 16.5. The lowest BCUT2D eigenvalue weighted by Crippen LogP contribution is -2.26. The van der Waals surface area contributed by atoms with Gasteiger partial charge in [-0.3, -0.25) is 9.36 Å². The summed E-state index contributed by atoms with van der Waals surface area (Å²) in [4.78, 5) is 31.5. The van der Waals surface area contributed by atoms with Gasteiger partial charge in [0.2, 0.25) is 0 Å². The average molecular weight is 311 g/mol. The van der Waals surface area contributed by atoms with E-state index in [4.69, 9.17) is 4.74 Å². The van der Waals surface area contributed by atoms with Crippen molar-refractivity contribution >= 4 is 17.1 Å². The van der Waals surface area contributed by atoms with Crippen LogP contribution in [0.25, 0.3) is 11.2 Å². The van der Waals surface area contributed by atoms with Crippen molar-refractivity contribution in [2.75, 3.05) is 6.61 Å². The van der Waals surface area contributed by atoms with Crippen LogP contribution < -0.4 is 5.69 Å². The molecule has 0 saturated carbocycles. The Hall–Kier alpha value is -2.89. The third-order valence-electron chi connectivity index (χ3n) is 3.64. The van der Waals surface area contributed by atoms with Crippen LogP contribution in [-0.2, 0) is 9.53 Å². The number of carbonyl (C=O) groups is 1. The molecule has 0 aliphatic rings. The van der Waals surface area contributed by atoms with Crippen LogP contribution in [-0.4, -0.2) is 27.1 Å². The quantitative estimate of drug-likeness (QED) is 0.733. The van der Waals surface area contributed by atoms with Gasteiger partial charge in [-0.15, -0.1) is 0 Å². The van der Waals surface area contributed by atoms with E-state index in [2.05, 4.69) is 9.97 Å². The lowest BCUT2D eigenvalue weighted by Gasteiger charge is -2.18. The molecule has 0 bridgehead atoms. The van der Waals surface area contributed by atoms with Gasteiger partial charge < -0.3 is 9.72 Å². The summed E-state index contributed by atoms with van der Waals surface area (Å²) in [5.74, 6) is -0.349. The number of carbonyl (C=O) groups excluding carboxylic acids is 1. The number of fused-ring (bicyclic) bond motifs is 1. The molecule has 1 N–H and O–H groups in total. The van der Waals surface area contributed by atoms with E-state index in [1.807, 2.05) is 30.3 Å². The summed E-state index contributed by atoms with van der Waals surface area (Å²) in [5, 5.41) is 0. The van der Waals surface area contributed by atoms with Crippen LogP contribution in [0.3, 0.4) is 0 Å². The number of rotatable bonds is 5. The van der Waals surface area contributed by atoms with Gasteiger partial charge >= 0.3 is 11.7 Å². The fourth-order valence-electron chi connectivity index (χ4n) is 2.66. The zero-order valence-electron chi connectivity index (χ0n) is 12.7. The monoisotopic (exact) mass is 311 g/mol. The maximum atomic E-state index is 12.4. The van der Waals surface area contributed by atoms with Crippen molar-refractivity contribution in [3.05, 3.63) is 64.7 Å². The van der Waals surface area contributed by atoms with Crippen molar-refractivity contribution in [2.45, 2.75) is 19.4 Å². The van der Waals surface area contributed by atoms with Crippen molar-refractivity contribution in [1.29, 1.82) is 0 Å². The molecule has 1 atom stereocenters. The zero-order chi connectivity index (χ0) is 16.2. The van der Waals surface area contributed by atoms with Gasteiger partial charge in [-0.1, -0.05) is 30.3 Å². The Morgan fingerprint density at radius 1 is 1.26 bits per heavy atom. The third kappa shape index (κ3) is 3.01. The number of pyridine rings is 1. The van der Waals surface area contributed by atoms with Crippen molar-refractivity contribution in [1.82, 2.24) is 14.5 Å². The first-order chi connectivity index (χ1) is 11.2. The van der Waals surface area contributed by atoms with E-state index in [-0.39, 0.29) is 18.1 Å². The maximum absolute atomic E-state index is 12.4. The van der Waals surface area contributed by atoms with E-state index in [0.717, 1.165) is 5.56 Å². The Balaban J connectivity index is 2.12. The summed E-state index contributed by atoms with van der Waals surface area (Å²) in [5.41, 5.74) is 1.73. The fourth-order valence-corrected chi connectivity index (χ4v) is 2.66. The van der Waals surface area contributed by atoms with Crippen LogP contribution in [0.1, 0.15) is 24.9 Å². The Kier molecular flexibility index (Phi) is 4.23. The predicted molar refractivity (Wildman–Crippen MR) is 86.2 cm³/mol. The van der Waals surface area contributed by atoms with Gasteiger partial charge in [0, 0.05) is 6.20 Å². The number of imidazole rings is 1. The number of ether oxygens (including phenoxy) is 1. The lowest BCUT2D eigenvalue weighted by atomic mass is 10.0. The van der Waals surface area contributed by atoms with Crippen molar-refractivity contribution in [2.24, 2.45) is 0 Å². The van der Waals surface area contributed by atoms with E-state index >= 15 is 0 Å². The van der Waals surface area contributed by atoms with E-state index in [9.17, 15) is 9.59 Å². The molecular formula is C17H17N3O3. The topological polar surface area (TPSA) is 77.0 Å². The van der Waals surface area contributed by atoms with Crippen molar-refractivity contribution in [3.8, 4) is 0 Å². The number of aromatic amines is 1. The summed E-state index contributed by atoms with van der Waals surface area (Å²) in [7, 11) is 0. The molecule has 3 aromatic rings. The minimum Gasteiger partial charge on any atom is -0.466 e. The highest BCUT2D eigenvalue weighted by Crippen LogP contribution is 2.24. The van der Waals surface area contributed by atoms with Crippen molar-refractivity contribution in [3.63, 3.8) is 0 Å². The van der Waals surface area contributed by atoms with E-state index in [1.165, 1.54) is 4.57 Å². The summed E-state index contributed by atoms with van der Waals surface area (Å²) in [6.07, 6.45) is 1.69. The highest BCUT2D eigenvalue weighted by molar-refractivity contribution is 5.73. The first-order valence-electron chi connectivity index (χ1n) is 7.46. The maximum Gasteiger partial charge on any atom is 0.328 e. The molecule has 0 aliphatic carbocycles. The standard InChI is InChI=1S/C17H17N3O3/c1-2-23-15(21)11-14(12-7-4-3-5-8-12)20-16-13(19-17(20)22)9-6-10-18-16/h3-10,14H,2,11H2,1H3,(H,19,22)/t14-/m1/s1. The number of benzene rings is 1. The third-order valence-corrected chi connectivity index (χ3v) is 3.64. The van der Waals surface area contributed by atoms with Crippen LogP contribution in [0.2, 0.25) is 0 Å². The van der Waals surface area contributed by atoms with Crippen LogP contribution in [0.5, 0.6) is 0 Å². The molecule has 2 heterocycles. The first-order valence-corrected chi connectivity index (χ1v) is 7.46. The van der Waals surface area contributed by atoms with Crippen LogP contribution in [0.15, 0.2) is 53.5 Å². The Morgan fingerprint density at radius 2 is 2.04 bits per heavy atom. The molecule has 118 valence electrons. The van der Waals surface area contributed by atoms with Gasteiger partial charge in [0.05, 0.1) is 24.6 Å². The Bertz CT molecular complexity index is 867. The highest BCUT2D eigenvalue weighted by Gasteiger charge is 2.23. The Labute approximate surface area is 132 Å². The second-order valence-corrected chi connectivity index (χ2v) is 5.11. The first kappa shape index (κ1) is 15.0. The molecule has 3 rings (SSSR count). The molecule has 6 nitrogen and oxygen atoms in total. The molecule has 0 aliphatic heterocycles. The second-order valence-electron chi connectivity index (χ2n) is 5.11. The molecule has 0 fully saturated rings. The van der Waals surface area contributed by atoms with Gasteiger partial charge in [-0.05, 0) is 24.6 Å². The normalized spacial score (nSPS) is 12.2. The predicted octanol–water partition coefficient (Wildman–Crippen LogP) is 2.27. The van der Waals surface area contributed by atoms with Gasteiger partial charge in [-0.25, -0.2) is 9.78 Å². The van der Waals surface area contributed by atoms with Gasteiger partial charge in [0.25, 0.3) is 0 Å². The largest absolute Gasteiger partial charge is 0.466 e. The van der Waals surface area contributed by atoms with Crippen LogP contribution in [0.4, 0.5) is 0 Å². The number of nitrogens with zero attached hydrogens (tertiary/aromatic N) is 2. The number of esters is 1. The fraction of sp³-hybridized carbons (Fsp3) is 0.235. The number of aromatic nitrogens is 3. The second kappa shape index (κ2) is 6.48.